The van der Waals surface area contributed by atoms with E-state index in [1.807, 2.05) is 30.3 Å². The van der Waals surface area contributed by atoms with Gasteiger partial charge in [0, 0.05) is 31.1 Å². The van der Waals surface area contributed by atoms with Crippen LogP contribution < -0.4 is 9.64 Å². The normalized spacial score (nSPS) is 14.4. The van der Waals surface area contributed by atoms with E-state index in [0.717, 1.165) is 41.5 Å². The molecule has 1 aliphatic rings. The zero-order valence-electron chi connectivity index (χ0n) is 17.3. The van der Waals surface area contributed by atoms with Crippen molar-refractivity contribution in [2.24, 2.45) is 0 Å². The lowest BCUT2D eigenvalue weighted by atomic mass is 10.2. The van der Waals surface area contributed by atoms with Gasteiger partial charge >= 0.3 is 5.97 Å². The summed E-state index contributed by atoms with van der Waals surface area (Å²) in [7, 11) is 2.11. The molecular weight excluding hydrogens is 412 g/mol. The third kappa shape index (κ3) is 5.53. The zero-order valence-corrected chi connectivity index (χ0v) is 18.1. The van der Waals surface area contributed by atoms with Crippen LogP contribution in [0.25, 0.3) is 0 Å². The van der Waals surface area contributed by atoms with E-state index >= 15 is 0 Å². The van der Waals surface area contributed by atoms with Gasteiger partial charge in [0.2, 0.25) is 11.8 Å². The highest BCUT2D eigenvalue weighted by Gasteiger charge is 2.19. The van der Waals surface area contributed by atoms with E-state index < -0.39 is 5.97 Å². The topological polar surface area (TPSA) is 78.8 Å². The Morgan fingerprint density at radius 2 is 1.77 bits per heavy atom. The fourth-order valence-corrected chi connectivity index (χ4v) is 4.02. The Morgan fingerprint density at radius 3 is 2.45 bits per heavy atom. The Hall–Kier alpha value is -3.10. The molecule has 0 unspecified atom stereocenters. The number of carbonyl (C=O) groups is 1. The van der Waals surface area contributed by atoms with Crippen LogP contribution >= 0.6 is 11.8 Å². The zero-order chi connectivity index (χ0) is 21.6. The minimum absolute atomic E-state index is 0.256. The van der Waals surface area contributed by atoms with E-state index in [2.05, 4.69) is 21.8 Å². The molecule has 0 atom stereocenters. The molecule has 8 heteroatoms. The van der Waals surface area contributed by atoms with Crippen LogP contribution in [0.3, 0.4) is 0 Å². The molecule has 0 bridgehead atoms. The van der Waals surface area contributed by atoms with Gasteiger partial charge in [0.1, 0.15) is 6.61 Å². The van der Waals surface area contributed by atoms with Gasteiger partial charge in [-0.1, -0.05) is 42.1 Å². The number of piperazine rings is 1. The Kier molecular flexibility index (Phi) is 6.69. The molecule has 2 aromatic carbocycles. The fraction of sp³-hybridized carbons (Fsp3) is 0.261. The van der Waals surface area contributed by atoms with Crippen LogP contribution in [-0.4, -0.2) is 59.2 Å². The molecule has 1 N–H and O–H groups in total. The summed E-state index contributed by atoms with van der Waals surface area (Å²) in [6.45, 7) is 4.09. The molecule has 31 heavy (non-hydrogen) atoms. The first-order valence-corrected chi connectivity index (χ1v) is 10.9. The van der Waals surface area contributed by atoms with Crippen LogP contribution in [0.4, 0.5) is 5.95 Å². The monoisotopic (exact) mass is 436 g/mol. The summed E-state index contributed by atoms with van der Waals surface area (Å²) in [5.41, 5.74) is 1.32. The van der Waals surface area contributed by atoms with Gasteiger partial charge in [0.05, 0.1) is 16.7 Å². The number of hydrogen-bond acceptors (Lipinski definition) is 7. The van der Waals surface area contributed by atoms with E-state index in [1.165, 1.54) is 11.8 Å². The lowest BCUT2D eigenvalue weighted by molar-refractivity contribution is 0.0697. The van der Waals surface area contributed by atoms with E-state index in [-0.39, 0.29) is 5.56 Å². The molecule has 160 valence electrons. The van der Waals surface area contributed by atoms with E-state index in [4.69, 9.17) is 14.8 Å². The number of nitrogens with zero attached hydrogens (tertiary/aromatic N) is 4. The maximum Gasteiger partial charge on any atom is 0.335 e. The molecule has 0 spiro atoms. The lowest BCUT2D eigenvalue weighted by Crippen LogP contribution is -2.45. The third-order valence-corrected chi connectivity index (χ3v) is 6.05. The van der Waals surface area contributed by atoms with Crippen molar-refractivity contribution in [3.63, 3.8) is 0 Å². The average Bonchev–Trinajstić information content (AvgIpc) is 2.80. The summed E-state index contributed by atoms with van der Waals surface area (Å²) in [6, 6.07) is 16.7. The van der Waals surface area contributed by atoms with Crippen molar-refractivity contribution in [3.8, 4) is 5.88 Å². The van der Waals surface area contributed by atoms with Crippen LogP contribution in [0, 0.1) is 0 Å². The van der Waals surface area contributed by atoms with Gasteiger partial charge in [-0.15, -0.1) is 0 Å². The first kappa shape index (κ1) is 21.1. The highest BCUT2D eigenvalue weighted by atomic mass is 32.2. The number of rotatable bonds is 7. The number of benzene rings is 2. The fourth-order valence-electron chi connectivity index (χ4n) is 3.20. The molecule has 1 aromatic heterocycles. The van der Waals surface area contributed by atoms with Gasteiger partial charge in [0.25, 0.3) is 0 Å². The summed E-state index contributed by atoms with van der Waals surface area (Å²) in [6.07, 6.45) is 1.79. The second-order valence-corrected chi connectivity index (χ2v) is 8.45. The van der Waals surface area contributed by atoms with Crippen molar-refractivity contribution in [1.29, 1.82) is 0 Å². The van der Waals surface area contributed by atoms with Crippen molar-refractivity contribution in [1.82, 2.24) is 14.9 Å². The number of hydrogen-bond donors (Lipinski definition) is 1. The maximum atomic E-state index is 11.1. The molecule has 0 radical (unpaired) electrons. The summed E-state index contributed by atoms with van der Waals surface area (Å²) in [5, 5.41) is 9.10. The molecular formula is C23H24N4O3S. The standard InChI is InChI=1S/C23H24N4O3S/c1-26-11-13-27(14-12-26)23-24-15-20(31-19-9-7-18(8-10-19)22(28)29)21(25-23)30-16-17-5-3-2-4-6-17/h2-10,15H,11-14,16H2,1H3,(H,28,29). The van der Waals surface area contributed by atoms with E-state index in [0.29, 0.717) is 18.4 Å². The molecule has 1 aliphatic heterocycles. The summed E-state index contributed by atoms with van der Waals surface area (Å²) < 4.78 is 6.11. The summed E-state index contributed by atoms with van der Waals surface area (Å²) in [4.78, 5) is 26.6. The van der Waals surface area contributed by atoms with Crippen LogP contribution in [0.15, 0.2) is 70.6 Å². The number of carboxylic acid groups (broad SMARTS) is 1. The number of aromatic carboxylic acids is 1. The predicted octanol–water partition coefficient (Wildman–Crippen LogP) is 3.66. The molecule has 0 amide bonds. The minimum atomic E-state index is -0.941. The smallest absolute Gasteiger partial charge is 0.335 e. The highest BCUT2D eigenvalue weighted by Crippen LogP contribution is 2.35. The van der Waals surface area contributed by atoms with Crippen molar-refractivity contribution < 1.29 is 14.6 Å². The van der Waals surface area contributed by atoms with Crippen LogP contribution in [-0.2, 0) is 6.61 Å². The number of aromatic nitrogens is 2. The Balaban J connectivity index is 1.57. The van der Waals surface area contributed by atoms with E-state index in [1.54, 1.807) is 30.5 Å². The van der Waals surface area contributed by atoms with Gasteiger partial charge in [0.15, 0.2) is 0 Å². The first-order chi connectivity index (χ1) is 15.1. The van der Waals surface area contributed by atoms with Gasteiger partial charge in [-0.05, 0) is 36.9 Å². The predicted molar refractivity (Wildman–Crippen MR) is 120 cm³/mol. The van der Waals surface area contributed by atoms with Crippen LogP contribution in [0.1, 0.15) is 15.9 Å². The minimum Gasteiger partial charge on any atom is -0.478 e. The Morgan fingerprint density at radius 1 is 1.06 bits per heavy atom. The van der Waals surface area contributed by atoms with Crippen molar-refractivity contribution >= 4 is 23.7 Å². The van der Waals surface area contributed by atoms with Gasteiger partial charge < -0.3 is 19.6 Å². The second kappa shape index (κ2) is 9.80. The Labute approximate surface area is 185 Å². The molecule has 2 heterocycles. The molecule has 0 aliphatic carbocycles. The first-order valence-electron chi connectivity index (χ1n) is 10.1. The lowest BCUT2D eigenvalue weighted by Gasteiger charge is -2.32. The maximum absolute atomic E-state index is 11.1. The van der Waals surface area contributed by atoms with E-state index in [9.17, 15) is 4.79 Å². The Bertz CT molecular complexity index is 1020. The van der Waals surface area contributed by atoms with Crippen molar-refractivity contribution in [2.45, 2.75) is 16.4 Å². The van der Waals surface area contributed by atoms with Crippen LogP contribution in [0.5, 0.6) is 5.88 Å². The SMILES string of the molecule is CN1CCN(c2ncc(Sc3ccc(C(=O)O)cc3)c(OCc3ccccc3)n2)CC1. The van der Waals surface area contributed by atoms with Gasteiger partial charge in [-0.3, -0.25) is 0 Å². The molecule has 4 rings (SSSR count). The third-order valence-electron chi connectivity index (χ3n) is 5.04. The number of anilines is 1. The highest BCUT2D eigenvalue weighted by molar-refractivity contribution is 7.99. The molecule has 7 nitrogen and oxygen atoms in total. The molecule has 1 saturated heterocycles. The quantitative estimate of drug-likeness (QED) is 0.601. The molecule has 0 saturated carbocycles. The van der Waals surface area contributed by atoms with Crippen molar-refractivity contribution in [3.05, 3.63) is 71.9 Å². The number of ether oxygens (including phenoxy) is 1. The van der Waals surface area contributed by atoms with Gasteiger partial charge in [-0.25, -0.2) is 9.78 Å². The largest absolute Gasteiger partial charge is 0.478 e. The number of likely N-dealkylation sites (N-methyl/N-ethyl adjacent to an activating group) is 1. The van der Waals surface area contributed by atoms with Gasteiger partial charge in [-0.2, -0.15) is 4.98 Å². The number of carboxylic acids is 1. The van der Waals surface area contributed by atoms with Crippen molar-refractivity contribution in [2.75, 3.05) is 38.1 Å². The molecule has 1 fully saturated rings. The summed E-state index contributed by atoms with van der Waals surface area (Å²) >= 11 is 1.46. The molecule has 3 aromatic rings. The van der Waals surface area contributed by atoms with Crippen LogP contribution in [0.2, 0.25) is 0 Å². The summed E-state index contributed by atoms with van der Waals surface area (Å²) in [5.74, 6) is 0.255. The average molecular weight is 437 g/mol. The second-order valence-electron chi connectivity index (χ2n) is 7.34.